The highest BCUT2D eigenvalue weighted by atomic mass is 16.2. The first kappa shape index (κ1) is 20.0. The molecule has 2 saturated heterocycles. The van der Waals surface area contributed by atoms with E-state index in [0.717, 1.165) is 56.8 Å². The lowest BCUT2D eigenvalue weighted by atomic mass is 10.00. The molecule has 1 atom stereocenters. The van der Waals surface area contributed by atoms with Crippen molar-refractivity contribution < 1.29 is 4.79 Å². The van der Waals surface area contributed by atoms with Crippen LogP contribution in [-0.2, 0) is 0 Å². The van der Waals surface area contributed by atoms with Gasteiger partial charge in [0.1, 0.15) is 0 Å². The summed E-state index contributed by atoms with van der Waals surface area (Å²) in [6.45, 7) is 12.3. The lowest BCUT2D eigenvalue weighted by Gasteiger charge is -2.44. The Morgan fingerprint density at radius 2 is 1.66 bits per heavy atom. The van der Waals surface area contributed by atoms with E-state index in [2.05, 4.69) is 58.9 Å². The van der Waals surface area contributed by atoms with Gasteiger partial charge < -0.3 is 9.80 Å². The van der Waals surface area contributed by atoms with Crippen molar-refractivity contribution in [3.63, 3.8) is 0 Å². The van der Waals surface area contributed by atoms with Crippen molar-refractivity contribution in [2.24, 2.45) is 0 Å². The number of benzene rings is 2. The molecule has 0 unspecified atom stereocenters. The molecule has 4 nitrogen and oxygen atoms in total. The second-order valence-corrected chi connectivity index (χ2v) is 8.68. The summed E-state index contributed by atoms with van der Waals surface area (Å²) in [5.74, 6) is 0.200. The second-order valence-electron chi connectivity index (χ2n) is 8.68. The van der Waals surface area contributed by atoms with Gasteiger partial charge in [-0.2, -0.15) is 0 Å². The zero-order valence-electron chi connectivity index (χ0n) is 18.0. The number of amides is 1. The van der Waals surface area contributed by atoms with E-state index in [-0.39, 0.29) is 5.91 Å². The summed E-state index contributed by atoms with van der Waals surface area (Å²) in [7, 11) is 0. The predicted molar refractivity (Wildman–Crippen MR) is 120 cm³/mol. The number of carbonyl (C=O) groups is 1. The molecule has 0 N–H and O–H groups in total. The molecule has 0 aliphatic carbocycles. The first-order valence-corrected chi connectivity index (χ1v) is 10.9. The Bertz CT molecular complexity index is 870. The number of aryl methyl sites for hydroxylation is 3. The SMILES string of the molecule is Cc1ccc(C(=O)N2CCC[C@H](N3CCN(c4ccccc4C)CC3)C2)c(C)c1. The number of hydrogen-bond donors (Lipinski definition) is 0. The molecule has 0 radical (unpaired) electrons. The van der Waals surface area contributed by atoms with Crippen LogP contribution in [0.5, 0.6) is 0 Å². The number of likely N-dealkylation sites (tertiary alicyclic amines) is 1. The van der Waals surface area contributed by atoms with Crippen molar-refractivity contribution in [2.45, 2.75) is 39.7 Å². The number of piperidine rings is 1. The van der Waals surface area contributed by atoms with Gasteiger partial charge in [-0.25, -0.2) is 0 Å². The van der Waals surface area contributed by atoms with Crippen molar-refractivity contribution in [3.8, 4) is 0 Å². The van der Waals surface area contributed by atoms with E-state index in [9.17, 15) is 4.79 Å². The molecule has 2 fully saturated rings. The maximum absolute atomic E-state index is 13.1. The van der Waals surface area contributed by atoms with Gasteiger partial charge in [-0.15, -0.1) is 0 Å². The Hall–Kier alpha value is -2.33. The van der Waals surface area contributed by atoms with E-state index in [4.69, 9.17) is 0 Å². The smallest absolute Gasteiger partial charge is 0.254 e. The molecule has 0 bridgehead atoms. The van der Waals surface area contributed by atoms with Crippen LogP contribution in [0, 0.1) is 20.8 Å². The molecule has 2 aromatic rings. The number of anilines is 1. The highest BCUT2D eigenvalue weighted by Gasteiger charge is 2.31. The number of hydrogen-bond acceptors (Lipinski definition) is 3. The fraction of sp³-hybridized carbons (Fsp3) is 0.480. The van der Waals surface area contributed by atoms with E-state index < -0.39 is 0 Å². The number of para-hydroxylation sites is 1. The molecular weight excluding hydrogens is 358 g/mol. The highest BCUT2D eigenvalue weighted by molar-refractivity contribution is 5.95. The lowest BCUT2D eigenvalue weighted by Crippen LogP contribution is -2.56. The minimum atomic E-state index is 0.200. The lowest BCUT2D eigenvalue weighted by molar-refractivity contribution is 0.0563. The van der Waals surface area contributed by atoms with E-state index in [1.165, 1.54) is 23.2 Å². The summed E-state index contributed by atoms with van der Waals surface area (Å²) >= 11 is 0. The van der Waals surface area contributed by atoms with Crippen LogP contribution < -0.4 is 4.90 Å². The van der Waals surface area contributed by atoms with Crippen LogP contribution in [0.1, 0.15) is 39.9 Å². The second kappa shape index (κ2) is 8.58. The summed E-state index contributed by atoms with van der Waals surface area (Å²) in [4.78, 5) is 20.3. The zero-order chi connectivity index (χ0) is 20.4. The summed E-state index contributed by atoms with van der Waals surface area (Å²) in [6.07, 6.45) is 2.29. The molecule has 1 amide bonds. The van der Waals surface area contributed by atoms with Crippen molar-refractivity contribution >= 4 is 11.6 Å². The van der Waals surface area contributed by atoms with Gasteiger partial charge in [0.15, 0.2) is 0 Å². The Labute approximate surface area is 175 Å². The summed E-state index contributed by atoms with van der Waals surface area (Å²) in [6, 6.07) is 15.3. The fourth-order valence-electron chi connectivity index (χ4n) is 4.91. The van der Waals surface area contributed by atoms with Gasteiger partial charge in [-0.1, -0.05) is 35.9 Å². The number of rotatable bonds is 3. The number of nitrogens with zero attached hydrogens (tertiary/aromatic N) is 3. The van der Waals surface area contributed by atoms with Crippen molar-refractivity contribution in [1.29, 1.82) is 0 Å². The van der Waals surface area contributed by atoms with E-state index in [1.807, 2.05) is 19.1 Å². The van der Waals surface area contributed by atoms with Crippen LogP contribution in [0.2, 0.25) is 0 Å². The van der Waals surface area contributed by atoms with Gasteiger partial charge in [-0.05, 0) is 56.9 Å². The van der Waals surface area contributed by atoms with E-state index >= 15 is 0 Å². The minimum absolute atomic E-state index is 0.200. The molecule has 2 heterocycles. The number of piperazine rings is 1. The van der Waals surface area contributed by atoms with Gasteiger partial charge in [0.05, 0.1) is 0 Å². The van der Waals surface area contributed by atoms with Crippen LogP contribution in [0.25, 0.3) is 0 Å². The third-order valence-corrected chi connectivity index (χ3v) is 6.58. The highest BCUT2D eigenvalue weighted by Crippen LogP contribution is 2.24. The normalized spacial score (nSPS) is 20.7. The van der Waals surface area contributed by atoms with Crippen molar-refractivity contribution in [3.05, 3.63) is 64.7 Å². The maximum atomic E-state index is 13.1. The Kier molecular flexibility index (Phi) is 5.91. The van der Waals surface area contributed by atoms with Crippen LogP contribution >= 0.6 is 0 Å². The molecule has 4 rings (SSSR count). The quantitative estimate of drug-likeness (QED) is 0.790. The topological polar surface area (TPSA) is 26.8 Å². The molecule has 0 spiro atoms. The van der Waals surface area contributed by atoms with Gasteiger partial charge in [0.25, 0.3) is 5.91 Å². The van der Waals surface area contributed by atoms with Crippen LogP contribution in [0.3, 0.4) is 0 Å². The van der Waals surface area contributed by atoms with Gasteiger partial charge in [0, 0.05) is 56.6 Å². The van der Waals surface area contributed by atoms with Crippen molar-refractivity contribution in [2.75, 3.05) is 44.2 Å². The molecular formula is C25H33N3O. The standard InChI is InChI=1S/C25H33N3O/c1-19-10-11-23(21(3)17-19)25(29)28-12-6-8-22(18-28)26-13-15-27(16-14-26)24-9-5-4-7-20(24)2/h4-5,7,9-11,17,22H,6,8,12-16,18H2,1-3H3/t22-/m0/s1. The van der Waals surface area contributed by atoms with Crippen LogP contribution in [-0.4, -0.2) is 61.0 Å². The first-order valence-electron chi connectivity index (χ1n) is 10.9. The molecule has 4 heteroatoms. The Balaban J connectivity index is 1.38. The van der Waals surface area contributed by atoms with E-state index in [0.29, 0.717) is 6.04 Å². The minimum Gasteiger partial charge on any atom is -0.369 e. The summed E-state index contributed by atoms with van der Waals surface area (Å²) in [5, 5.41) is 0. The molecule has 2 aromatic carbocycles. The average molecular weight is 392 g/mol. The monoisotopic (exact) mass is 391 g/mol. The molecule has 154 valence electrons. The molecule has 0 saturated carbocycles. The third kappa shape index (κ3) is 4.32. The zero-order valence-corrected chi connectivity index (χ0v) is 18.0. The summed E-state index contributed by atoms with van der Waals surface area (Å²) < 4.78 is 0. The Morgan fingerprint density at radius 3 is 2.38 bits per heavy atom. The molecule has 29 heavy (non-hydrogen) atoms. The molecule has 2 aliphatic heterocycles. The average Bonchev–Trinajstić information content (AvgIpc) is 2.74. The third-order valence-electron chi connectivity index (χ3n) is 6.58. The number of carbonyl (C=O) groups excluding carboxylic acids is 1. The van der Waals surface area contributed by atoms with Crippen LogP contribution in [0.15, 0.2) is 42.5 Å². The molecule has 2 aliphatic rings. The predicted octanol–water partition coefficient (Wildman–Crippen LogP) is 4.04. The maximum Gasteiger partial charge on any atom is 0.254 e. The van der Waals surface area contributed by atoms with Gasteiger partial charge in [0.2, 0.25) is 0 Å². The molecule has 0 aromatic heterocycles. The van der Waals surface area contributed by atoms with Crippen LogP contribution in [0.4, 0.5) is 5.69 Å². The van der Waals surface area contributed by atoms with Gasteiger partial charge in [-0.3, -0.25) is 9.69 Å². The van der Waals surface area contributed by atoms with Crippen molar-refractivity contribution in [1.82, 2.24) is 9.80 Å². The van der Waals surface area contributed by atoms with E-state index in [1.54, 1.807) is 0 Å². The first-order chi connectivity index (χ1) is 14.0. The Morgan fingerprint density at radius 1 is 0.897 bits per heavy atom. The largest absolute Gasteiger partial charge is 0.369 e. The fourth-order valence-corrected chi connectivity index (χ4v) is 4.91. The summed E-state index contributed by atoms with van der Waals surface area (Å²) in [5.41, 5.74) is 5.87. The van der Waals surface area contributed by atoms with Gasteiger partial charge >= 0.3 is 0 Å².